The number of aromatic nitrogens is 2. The van der Waals surface area contributed by atoms with Crippen LogP contribution in [0.1, 0.15) is 39.4 Å². The first-order valence-corrected chi connectivity index (χ1v) is 12.8. The molecule has 36 heavy (non-hydrogen) atoms. The molecule has 0 fully saturated rings. The summed E-state index contributed by atoms with van der Waals surface area (Å²) in [6.45, 7) is 7.36. The number of hydrogen-bond acceptors (Lipinski definition) is 6. The van der Waals surface area contributed by atoms with Crippen molar-refractivity contribution in [3.63, 3.8) is 0 Å². The van der Waals surface area contributed by atoms with Crippen molar-refractivity contribution in [2.24, 2.45) is 18.7 Å². The van der Waals surface area contributed by atoms with Crippen molar-refractivity contribution in [2.75, 3.05) is 36.4 Å². The number of rotatable bonds is 14. The molecular weight excluding hydrogens is 548 g/mol. The van der Waals surface area contributed by atoms with E-state index in [0.717, 1.165) is 22.5 Å². The number of nitrogens with two attached hydrogens (primary N) is 1. The Labute approximate surface area is 236 Å². The second-order valence-electron chi connectivity index (χ2n) is 8.71. The van der Waals surface area contributed by atoms with Gasteiger partial charge in [-0.05, 0) is 43.9 Å². The van der Waals surface area contributed by atoms with Gasteiger partial charge in [-0.2, -0.15) is 0 Å². The van der Waals surface area contributed by atoms with Crippen molar-refractivity contribution in [1.29, 1.82) is 0 Å². The van der Waals surface area contributed by atoms with Crippen LogP contribution in [0.5, 0.6) is 0 Å². The highest BCUT2D eigenvalue weighted by atomic mass is 35.5. The van der Waals surface area contributed by atoms with Gasteiger partial charge in [0.05, 0.1) is 23.7 Å². The Kier molecular flexibility index (Phi) is 16.4. The van der Waals surface area contributed by atoms with Crippen LogP contribution in [0.15, 0.2) is 18.2 Å². The molecule has 1 amide bonds. The number of nitrogens with zero attached hydrogens (tertiary/aromatic N) is 3. The number of carbonyl (C=O) groups is 2. The second kappa shape index (κ2) is 17.1. The average molecular weight is 587 g/mol. The van der Waals surface area contributed by atoms with E-state index in [9.17, 15) is 9.59 Å². The summed E-state index contributed by atoms with van der Waals surface area (Å²) in [5, 5.41) is 2.78. The van der Waals surface area contributed by atoms with Gasteiger partial charge in [-0.1, -0.05) is 13.8 Å². The Morgan fingerprint density at radius 2 is 1.83 bits per heavy atom. The Morgan fingerprint density at radius 1 is 1.19 bits per heavy atom. The zero-order valence-electron chi connectivity index (χ0n) is 21.3. The lowest BCUT2D eigenvalue weighted by Crippen LogP contribution is -2.49. The minimum atomic E-state index is -0.788. The summed E-state index contributed by atoms with van der Waals surface area (Å²) in [7, 11) is 1.94. The van der Waals surface area contributed by atoms with Gasteiger partial charge in [0.2, 0.25) is 5.91 Å². The van der Waals surface area contributed by atoms with Crippen molar-refractivity contribution in [3.05, 3.63) is 24.0 Å². The van der Waals surface area contributed by atoms with E-state index in [1.54, 1.807) is 6.92 Å². The van der Waals surface area contributed by atoms with Gasteiger partial charge in [-0.3, -0.25) is 4.79 Å². The number of anilines is 1. The molecule has 0 saturated carbocycles. The van der Waals surface area contributed by atoms with E-state index in [1.807, 2.05) is 43.7 Å². The summed E-state index contributed by atoms with van der Waals surface area (Å²) in [5.74, 6) is 1.28. The Bertz CT molecular complexity index is 951. The highest BCUT2D eigenvalue weighted by molar-refractivity contribution is 6.18. The van der Waals surface area contributed by atoms with Gasteiger partial charge in [0.15, 0.2) is 0 Å². The zero-order valence-corrected chi connectivity index (χ0v) is 24.5. The molecule has 0 aliphatic carbocycles. The predicted octanol–water partition coefficient (Wildman–Crippen LogP) is 4.05. The number of aryl methyl sites for hydroxylation is 2. The fourth-order valence-corrected chi connectivity index (χ4v) is 4.30. The molecule has 3 N–H and O–H groups in total. The van der Waals surface area contributed by atoms with Crippen LogP contribution in [-0.2, 0) is 27.8 Å². The summed E-state index contributed by atoms with van der Waals surface area (Å²) in [4.78, 5) is 32.0. The molecule has 0 bridgehead atoms. The maximum absolute atomic E-state index is 12.5. The fraction of sp³-hybridized carbons (Fsp3) is 0.625. The van der Waals surface area contributed by atoms with Crippen molar-refractivity contribution >= 4 is 76.6 Å². The Balaban J connectivity index is 0.00000612. The van der Waals surface area contributed by atoms with Crippen LogP contribution in [0.4, 0.5) is 5.69 Å². The summed E-state index contributed by atoms with van der Waals surface area (Å²) >= 11 is 11.9. The number of imidazole rings is 1. The lowest BCUT2D eigenvalue weighted by Gasteiger charge is -2.22. The summed E-state index contributed by atoms with van der Waals surface area (Å²) < 4.78 is 7.18. The number of esters is 1. The lowest BCUT2D eigenvalue weighted by molar-refractivity contribution is -0.147. The van der Waals surface area contributed by atoms with Crippen molar-refractivity contribution in [3.8, 4) is 0 Å². The van der Waals surface area contributed by atoms with Crippen molar-refractivity contribution < 1.29 is 14.3 Å². The molecule has 2 atom stereocenters. The number of halogens is 4. The normalized spacial score (nSPS) is 12.4. The summed E-state index contributed by atoms with van der Waals surface area (Å²) in [5.41, 5.74) is 8.84. The van der Waals surface area contributed by atoms with Gasteiger partial charge in [-0.25, -0.2) is 9.78 Å². The van der Waals surface area contributed by atoms with Gasteiger partial charge < -0.3 is 25.3 Å². The number of ether oxygens (including phenoxy) is 1. The number of alkyl halides is 2. The molecule has 2 aromatic rings. The molecule has 1 heterocycles. The molecule has 0 aliphatic rings. The van der Waals surface area contributed by atoms with Gasteiger partial charge in [0.25, 0.3) is 0 Å². The number of amides is 1. The molecule has 0 unspecified atom stereocenters. The topological polar surface area (TPSA) is 102 Å². The maximum atomic E-state index is 12.5. The minimum absolute atomic E-state index is 0. The van der Waals surface area contributed by atoms with Crippen LogP contribution in [0.25, 0.3) is 11.0 Å². The van der Waals surface area contributed by atoms with Gasteiger partial charge >= 0.3 is 5.97 Å². The van der Waals surface area contributed by atoms with Crippen LogP contribution >= 0.6 is 48.0 Å². The molecule has 1 aromatic heterocycles. The second-order valence-corrected chi connectivity index (χ2v) is 9.47. The number of nitrogens with one attached hydrogen (secondary N) is 1. The quantitative estimate of drug-likeness (QED) is 0.256. The highest BCUT2D eigenvalue weighted by Gasteiger charge is 2.26. The van der Waals surface area contributed by atoms with Gasteiger partial charge in [0.1, 0.15) is 11.9 Å². The van der Waals surface area contributed by atoms with Gasteiger partial charge in [-0.15, -0.1) is 48.0 Å². The molecule has 8 nitrogen and oxygen atoms in total. The first-order chi connectivity index (χ1) is 16.2. The summed E-state index contributed by atoms with van der Waals surface area (Å²) in [6.07, 6.45) is 1.38. The number of fused-ring (bicyclic) bond motifs is 1. The molecule has 0 saturated heterocycles. The number of hydrogen-bond donors (Lipinski definition) is 2. The van der Waals surface area contributed by atoms with Crippen LogP contribution in [0, 0.1) is 5.92 Å². The van der Waals surface area contributed by atoms with E-state index in [-0.39, 0.29) is 43.2 Å². The third kappa shape index (κ3) is 9.78. The van der Waals surface area contributed by atoms with Crippen LogP contribution in [0.2, 0.25) is 0 Å². The molecule has 206 valence electrons. The van der Waals surface area contributed by atoms with E-state index in [2.05, 4.69) is 10.2 Å². The molecule has 0 radical (unpaired) electrons. The maximum Gasteiger partial charge on any atom is 0.328 e. The van der Waals surface area contributed by atoms with Crippen LogP contribution in [0.3, 0.4) is 0 Å². The van der Waals surface area contributed by atoms with Crippen LogP contribution in [-0.4, -0.2) is 65.0 Å². The fourth-order valence-electron chi connectivity index (χ4n) is 3.89. The van der Waals surface area contributed by atoms with E-state index >= 15 is 0 Å². The van der Waals surface area contributed by atoms with Crippen molar-refractivity contribution in [2.45, 2.75) is 52.1 Å². The van der Waals surface area contributed by atoms with Gasteiger partial charge in [0, 0.05) is 44.0 Å². The number of carbonyl (C=O) groups excluding carboxylic acids is 2. The largest absolute Gasteiger partial charge is 0.464 e. The predicted molar refractivity (Wildman–Crippen MR) is 153 cm³/mol. The van der Waals surface area contributed by atoms with E-state index < -0.39 is 18.1 Å². The first kappa shape index (κ1) is 34.6. The summed E-state index contributed by atoms with van der Waals surface area (Å²) in [6, 6.07) is 4.61. The minimum Gasteiger partial charge on any atom is -0.464 e. The Hall–Kier alpha value is -1.45. The molecule has 1 aromatic carbocycles. The molecule has 2 rings (SSSR count). The molecule has 12 heteroatoms. The lowest BCUT2D eigenvalue weighted by atomic mass is 10.0. The molecular formula is C24H39Cl4N5O3. The SMILES string of the molecule is CCOC(=O)[C@H](CCc1nc2cc(N(CCCl)CCCl)ccc2n1C)NC(=O)[C@@H](N)CC(C)C.Cl.Cl. The van der Waals surface area contributed by atoms with E-state index in [1.165, 1.54) is 0 Å². The molecule has 0 aliphatic heterocycles. The highest BCUT2D eigenvalue weighted by Crippen LogP contribution is 2.23. The average Bonchev–Trinajstić information content (AvgIpc) is 3.10. The monoisotopic (exact) mass is 585 g/mol. The number of benzene rings is 1. The third-order valence-electron chi connectivity index (χ3n) is 5.64. The third-order valence-corrected chi connectivity index (χ3v) is 5.98. The first-order valence-electron chi connectivity index (χ1n) is 11.8. The zero-order chi connectivity index (χ0) is 25.3. The standard InChI is InChI=1S/C24H37Cl2N5O3.2ClH/c1-5-34-24(33)19(29-23(32)18(27)14-16(2)3)7-9-22-28-20-15-17(6-8-21(20)30(22)4)31(12-10-25)13-11-26;;/h6,8,15-16,18-19H,5,7,9-14,27H2,1-4H3,(H,29,32);2*1H/t18-,19-;;/m0../s1. The van der Waals surface area contributed by atoms with Crippen LogP contribution < -0.4 is 16.0 Å². The molecule has 0 spiro atoms. The van der Waals surface area contributed by atoms with Crippen molar-refractivity contribution in [1.82, 2.24) is 14.9 Å². The van der Waals surface area contributed by atoms with E-state index in [0.29, 0.717) is 44.1 Å². The smallest absolute Gasteiger partial charge is 0.328 e. The van der Waals surface area contributed by atoms with E-state index in [4.69, 9.17) is 38.7 Å². The Morgan fingerprint density at radius 3 is 2.39 bits per heavy atom.